The second-order valence-electron chi connectivity index (χ2n) is 15.3. The van der Waals surface area contributed by atoms with Gasteiger partial charge in [0.15, 0.2) is 11.5 Å². The van der Waals surface area contributed by atoms with Crippen molar-refractivity contribution in [1.29, 1.82) is 0 Å². The van der Waals surface area contributed by atoms with Crippen molar-refractivity contribution < 1.29 is 19.0 Å². The fourth-order valence-electron chi connectivity index (χ4n) is 7.20. The maximum atomic E-state index is 13.6. The minimum atomic E-state index is -0.287. The molecule has 1 aliphatic carbocycles. The molecule has 2 atom stereocenters. The van der Waals surface area contributed by atoms with Crippen LogP contribution in [0.5, 0.6) is 11.5 Å². The highest BCUT2D eigenvalue weighted by molar-refractivity contribution is 5.89. The van der Waals surface area contributed by atoms with Gasteiger partial charge in [0.2, 0.25) is 0 Å². The molecule has 55 heavy (non-hydrogen) atoms. The monoisotopic (exact) mass is 740 g/mol. The lowest BCUT2D eigenvalue weighted by molar-refractivity contribution is 0.0322. The van der Waals surface area contributed by atoms with E-state index in [9.17, 15) is 4.79 Å². The van der Waals surface area contributed by atoms with Crippen molar-refractivity contribution in [2.75, 3.05) is 44.8 Å². The third-order valence-electron chi connectivity index (χ3n) is 10.3. The Labute approximate surface area is 321 Å². The highest BCUT2D eigenvalue weighted by Gasteiger charge is 2.30. The molecule has 3 aromatic carbocycles. The Bertz CT molecular complexity index is 2270. The van der Waals surface area contributed by atoms with Gasteiger partial charge in [-0.1, -0.05) is 74.9 Å². The maximum absolute atomic E-state index is 13.6. The van der Waals surface area contributed by atoms with Crippen molar-refractivity contribution in [3.8, 4) is 28.6 Å². The van der Waals surface area contributed by atoms with Crippen LogP contribution in [0.2, 0.25) is 0 Å². The largest absolute Gasteiger partial charge is 0.492 e. The van der Waals surface area contributed by atoms with E-state index in [0.717, 1.165) is 77.9 Å². The molecule has 12 heteroatoms. The summed E-state index contributed by atoms with van der Waals surface area (Å²) in [6.45, 7) is 13.3. The number of hydrogen-bond donors (Lipinski definition) is 2. The Hall–Kier alpha value is -5.72. The number of urea groups is 1. The van der Waals surface area contributed by atoms with E-state index in [1.807, 2.05) is 89.5 Å². The zero-order chi connectivity index (χ0) is 37.9. The third-order valence-corrected chi connectivity index (χ3v) is 10.3. The smallest absolute Gasteiger partial charge is 0.320 e. The molecule has 4 heterocycles. The number of carbonyl (C=O) groups is 1. The first-order valence-corrected chi connectivity index (χ1v) is 19.1. The molecule has 284 valence electrons. The van der Waals surface area contributed by atoms with Gasteiger partial charge >= 0.3 is 6.03 Å². The molecule has 0 bridgehead atoms. The highest BCUT2D eigenvalue weighted by atomic mass is 16.5. The molecule has 8 rings (SSSR count). The molecule has 1 aliphatic heterocycles. The normalized spacial score (nSPS) is 17.5. The van der Waals surface area contributed by atoms with Gasteiger partial charge < -0.3 is 19.5 Å². The number of ether oxygens (including phenoxy) is 3. The lowest BCUT2D eigenvalue weighted by atomic mass is 9.85. The average Bonchev–Trinajstić information content (AvgIpc) is 3.81. The zero-order valence-electron chi connectivity index (χ0n) is 31.9. The van der Waals surface area contributed by atoms with E-state index in [4.69, 9.17) is 19.3 Å². The first kappa shape index (κ1) is 36.3. The van der Waals surface area contributed by atoms with Crippen LogP contribution in [0.15, 0.2) is 97.2 Å². The van der Waals surface area contributed by atoms with Crippen LogP contribution in [0.3, 0.4) is 0 Å². The summed E-state index contributed by atoms with van der Waals surface area (Å²) in [5, 5.41) is 20.2. The van der Waals surface area contributed by atoms with Crippen LogP contribution in [0.25, 0.3) is 22.7 Å². The topological polar surface area (TPSA) is 120 Å². The van der Waals surface area contributed by atoms with E-state index in [1.54, 1.807) is 4.68 Å². The Kier molecular flexibility index (Phi) is 10.3. The van der Waals surface area contributed by atoms with Crippen LogP contribution in [0.4, 0.5) is 10.6 Å². The van der Waals surface area contributed by atoms with Gasteiger partial charge in [0, 0.05) is 36.7 Å². The minimum absolute atomic E-state index is 0.191. The maximum Gasteiger partial charge on any atom is 0.320 e. The van der Waals surface area contributed by atoms with Crippen molar-refractivity contribution in [3.05, 3.63) is 120 Å². The number of rotatable bonds is 10. The van der Waals surface area contributed by atoms with Gasteiger partial charge in [-0.2, -0.15) is 5.10 Å². The van der Waals surface area contributed by atoms with Gasteiger partial charge in [-0.3, -0.25) is 14.6 Å². The van der Waals surface area contributed by atoms with Crippen LogP contribution < -0.4 is 20.1 Å². The predicted molar refractivity (Wildman–Crippen MR) is 212 cm³/mol. The van der Waals surface area contributed by atoms with E-state index in [2.05, 4.69) is 65.6 Å². The van der Waals surface area contributed by atoms with Crippen LogP contribution in [0, 0.1) is 6.92 Å². The second-order valence-corrected chi connectivity index (χ2v) is 15.3. The van der Waals surface area contributed by atoms with Gasteiger partial charge in [0.25, 0.3) is 0 Å². The Morgan fingerprint density at radius 1 is 0.891 bits per heavy atom. The van der Waals surface area contributed by atoms with E-state index in [0.29, 0.717) is 36.8 Å². The van der Waals surface area contributed by atoms with Crippen LogP contribution in [-0.2, 0) is 10.2 Å². The molecule has 12 nitrogen and oxygen atoms in total. The number of aromatic nitrogens is 5. The average molecular weight is 741 g/mol. The van der Waals surface area contributed by atoms with Crippen LogP contribution >= 0.6 is 0 Å². The van der Waals surface area contributed by atoms with E-state index >= 15 is 0 Å². The molecule has 2 amide bonds. The van der Waals surface area contributed by atoms with Crippen molar-refractivity contribution in [3.63, 3.8) is 0 Å². The number of morpholine rings is 1. The number of pyridine rings is 1. The van der Waals surface area contributed by atoms with E-state index < -0.39 is 0 Å². The molecular formula is C43H48N8O4. The van der Waals surface area contributed by atoms with Crippen LogP contribution in [-0.4, -0.2) is 74.8 Å². The number of hydrogen-bond acceptors (Lipinski definition) is 8. The summed E-state index contributed by atoms with van der Waals surface area (Å²) in [6.07, 6.45) is 3.17. The summed E-state index contributed by atoms with van der Waals surface area (Å²) in [5.74, 6) is 2.81. The third kappa shape index (κ3) is 8.20. The van der Waals surface area contributed by atoms with Crippen molar-refractivity contribution >= 4 is 17.5 Å². The molecule has 0 saturated carbocycles. The first-order valence-electron chi connectivity index (χ1n) is 19.1. The second kappa shape index (κ2) is 15.6. The molecule has 1 fully saturated rings. The summed E-state index contributed by atoms with van der Waals surface area (Å²) in [5.41, 5.74) is 6.44. The zero-order valence-corrected chi connectivity index (χ0v) is 31.9. The standard InChI is InChI=1S/C43H48N8O4/c1-29-12-14-31(15-13-29)51-40(27-38(48-51)43(2,3)4)45-42(52)44-36-17-18-37(35-11-6-5-10-34(35)36)55-33-16-19-39-46-47-41(50(39)28-33)30-8-7-9-32(26-30)54-25-22-49-20-23-53-24-21-49/h5-16,19,26-28,36-37H,17-18,20-25H2,1-4H3,(H2,44,45,52). The number of carbonyl (C=O) groups excluding carboxylic acids is 1. The molecule has 1 saturated heterocycles. The SMILES string of the molecule is Cc1ccc(-n2nc(C(C)(C)C)cc2NC(=O)NC2CCC(Oc3ccc4nnc(-c5cccc(OCCN6CCOCC6)c5)n4c3)c3ccccc32)cc1. The van der Waals surface area contributed by atoms with Crippen molar-refractivity contribution in [2.45, 2.75) is 58.1 Å². The minimum Gasteiger partial charge on any atom is -0.492 e. The fourth-order valence-corrected chi connectivity index (χ4v) is 7.20. The molecule has 3 aromatic heterocycles. The van der Waals surface area contributed by atoms with Gasteiger partial charge in [-0.25, -0.2) is 9.48 Å². The Morgan fingerprint density at radius 3 is 2.49 bits per heavy atom. The summed E-state index contributed by atoms with van der Waals surface area (Å²) in [7, 11) is 0. The number of amides is 2. The molecule has 2 N–H and O–H groups in total. The van der Waals surface area contributed by atoms with Crippen LogP contribution in [0.1, 0.15) is 68.1 Å². The number of nitrogens with one attached hydrogen (secondary N) is 2. The lowest BCUT2D eigenvalue weighted by Crippen LogP contribution is -2.38. The summed E-state index contributed by atoms with van der Waals surface area (Å²) >= 11 is 0. The molecule has 2 unspecified atom stereocenters. The van der Waals surface area contributed by atoms with E-state index in [1.165, 1.54) is 0 Å². The lowest BCUT2D eigenvalue weighted by Gasteiger charge is -2.32. The predicted octanol–water partition coefficient (Wildman–Crippen LogP) is 7.68. The van der Waals surface area contributed by atoms with E-state index in [-0.39, 0.29) is 23.6 Å². The Balaban J connectivity index is 0.959. The summed E-state index contributed by atoms with van der Waals surface area (Å²) in [6, 6.07) is 29.6. The van der Waals surface area contributed by atoms with Gasteiger partial charge in [-0.05, 0) is 67.3 Å². The molecule has 6 aromatic rings. The molecule has 0 spiro atoms. The van der Waals surface area contributed by atoms with Crippen molar-refractivity contribution in [1.82, 2.24) is 34.6 Å². The summed E-state index contributed by atoms with van der Waals surface area (Å²) in [4.78, 5) is 16.0. The van der Waals surface area contributed by atoms with Gasteiger partial charge in [0.1, 0.15) is 30.0 Å². The number of fused-ring (bicyclic) bond motifs is 2. The highest BCUT2D eigenvalue weighted by Crippen LogP contribution is 2.39. The molecular weight excluding hydrogens is 693 g/mol. The number of anilines is 1. The Morgan fingerprint density at radius 2 is 1.69 bits per heavy atom. The van der Waals surface area contributed by atoms with Gasteiger partial charge in [0.05, 0.1) is 36.8 Å². The van der Waals surface area contributed by atoms with Gasteiger partial charge in [-0.15, -0.1) is 10.2 Å². The van der Waals surface area contributed by atoms with Crippen molar-refractivity contribution in [2.24, 2.45) is 0 Å². The first-order chi connectivity index (χ1) is 26.7. The number of nitrogens with zero attached hydrogens (tertiary/aromatic N) is 6. The molecule has 2 aliphatic rings. The quantitative estimate of drug-likeness (QED) is 0.147. The molecule has 0 radical (unpaired) electrons. The summed E-state index contributed by atoms with van der Waals surface area (Å²) < 4.78 is 22.0. The number of aryl methyl sites for hydroxylation is 1. The fraction of sp³-hybridized carbons (Fsp3) is 0.349. The number of benzene rings is 3.